The van der Waals surface area contributed by atoms with E-state index >= 15 is 0 Å². The molecule has 114 valence electrons. The van der Waals surface area contributed by atoms with Crippen molar-refractivity contribution in [3.8, 4) is 0 Å². The second-order valence-electron chi connectivity index (χ2n) is 4.32. The van der Waals surface area contributed by atoms with Gasteiger partial charge in [-0.25, -0.2) is 13.4 Å². The van der Waals surface area contributed by atoms with Gasteiger partial charge >= 0.3 is 0 Å². The Labute approximate surface area is 126 Å². The number of anilines is 1. The molecule has 0 atom stereocenters. The van der Waals surface area contributed by atoms with Crippen LogP contribution in [0.1, 0.15) is 28.1 Å². The minimum absolute atomic E-state index is 0.0646. The van der Waals surface area contributed by atoms with Gasteiger partial charge in [-0.15, -0.1) is 11.3 Å². The smallest absolute Gasteiger partial charge is 0.273 e. The first-order chi connectivity index (χ1) is 9.74. The van der Waals surface area contributed by atoms with Crippen LogP contribution in [0.2, 0.25) is 0 Å². The Bertz CT molecular complexity index is 791. The summed E-state index contributed by atoms with van der Waals surface area (Å²) in [7, 11) is -3.83. The molecule has 0 bridgehead atoms. The van der Waals surface area contributed by atoms with Gasteiger partial charge in [0.25, 0.3) is 15.9 Å². The van der Waals surface area contributed by atoms with E-state index in [0.29, 0.717) is 17.2 Å². The normalized spacial score (nSPS) is 11.6. The maximum absolute atomic E-state index is 12.4. The van der Waals surface area contributed by atoms with Crippen LogP contribution < -0.4 is 10.5 Å². The summed E-state index contributed by atoms with van der Waals surface area (Å²) in [5.74, 6) is -0.794. The maximum Gasteiger partial charge on any atom is 0.273 e. The maximum atomic E-state index is 12.4. The second kappa shape index (κ2) is 5.45. The first kappa shape index (κ1) is 15.4. The number of sulfonamides is 1. The third-order valence-electron chi connectivity index (χ3n) is 2.67. The molecule has 10 heteroatoms. The van der Waals surface area contributed by atoms with Gasteiger partial charge < -0.3 is 5.73 Å². The fourth-order valence-electron chi connectivity index (χ4n) is 1.79. The molecule has 0 aliphatic heterocycles. The van der Waals surface area contributed by atoms with Crippen LogP contribution in [0.5, 0.6) is 0 Å². The summed E-state index contributed by atoms with van der Waals surface area (Å²) in [5, 5.41) is 4.58. The number of amides is 1. The summed E-state index contributed by atoms with van der Waals surface area (Å²) in [5.41, 5.74) is 5.58. The lowest BCUT2D eigenvalue weighted by Gasteiger charge is -2.05. The van der Waals surface area contributed by atoms with Gasteiger partial charge in [0.1, 0.15) is 0 Å². The molecule has 2 heterocycles. The number of aromatic nitrogens is 3. The number of thiazole rings is 1. The molecule has 0 aromatic carbocycles. The first-order valence-corrected chi connectivity index (χ1v) is 8.38. The molecule has 0 spiro atoms. The molecule has 0 fully saturated rings. The molecule has 0 saturated heterocycles. The van der Waals surface area contributed by atoms with Crippen molar-refractivity contribution in [3.63, 3.8) is 0 Å². The summed E-state index contributed by atoms with van der Waals surface area (Å²) >= 11 is 1.06. The van der Waals surface area contributed by atoms with Crippen LogP contribution in [0.3, 0.4) is 0 Å². The molecule has 1 amide bonds. The largest absolute Gasteiger partial charge is 0.364 e. The minimum Gasteiger partial charge on any atom is -0.364 e. The number of nitrogens with zero attached hydrogens (tertiary/aromatic N) is 3. The Balaban J connectivity index is 2.43. The van der Waals surface area contributed by atoms with E-state index in [-0.39, 0.29) is 15.6 Å². The average Bonchev–Trinajstić information content (AvgIpc) is 2.92. The Morgan fingerprint density at radius 3 is 2.62 bits per heavy atom. The van der Waals surface area contributed by atoms with Crippen LogP contribution in [-0.2, 0) is 16.6 Å². The Kier molecular flexibility index (Phi) is 4.01. The first-order valence-electron chi connectivity index (χ1n) is 6.08. The Morgan fingerprint density at radius 2 is 2.14 bits per heavy atom. The van der Waals surface area contributed by atoms with E-state index in [9.17, 15) is 13.2 Å². The van der Waals surface area contributed by atoms with E-state index in [2.05, 4.69) is 14.8 Å². The van der Waals surface area contributed by atoms with Crippen LogP contribution in [0.25, 0.3) is 0 Å². The fraction of sp³-hybridized carbons (Fsp3) is 0.364. The Hall–Kier alpha value is -1.94. The van der Waals surface area contributed by atoms with E-state index in [0.717, 1.165) is 11.3 Å². The fourth-order valence-corrected chi connectivity index (χ4v) is 4.33. The molecule has 21 heavy (non-hydrogen) atoms. The van der Waals surface area contributed by atoms with Crippen molar-refractivity contribution in [1.29, 1.82) is 0 Å². The van der Waals surface area contributed by atoms with Crippen molar-refractivity contribution in [2.24, 2.45) is 5.73 Å². The van der Waals surface area contributed by atoms with Crippen molar-refractivity contribution >= 4 is 33.0 Å². The minimum atomic E-state index is -3.83. The molecule has 2 rings (SSSR count). The Morgan fingerprint density at radius 1 is 1.48 bits per heavy atom. The van der Waals surface area contributed by atoms with Crippen LogP contribution in [-0.4, -0.2) is 29.1 Å². The average molecular weight is 329 g/mol. The molecule has 0 unspecified atom stereocenters. The lowest BCUT2D eigenvalue weighted by molar-refractivity contribution is 0.0995. The number of carbonyl (C=O) groups excluding carboxylic acids is 1. The van der Waals surface area contributed by atoms with Crippen LogP contribution in [0.4, 0.5) is 5.69 Å². The zero-order valence-electron chi connectivity index (χ0n) is 11.7. The molecular formula is C11H15N5O3S2. The molecule has 8 nitrogen and oxygen atoms in total. The predicted octanol–water partition coefficient (Wildman–Crippen LogP) is 0.876. The van der Waals surface area contributed by atoms with E-state index < -0.39 is 15.9 Å². The van der Waals surface area contributed by atoms with Crippen LogP contribution in [0, 0.1) is 13.8 Å². The molecular weight excluding hydrogens is 314 g/mol. The molecule has 0 aliphatic carbocycles. The topological polar surface area (TPSA) is 120 Å². The highest BCUT2D eigenvalue weighted by Gasteiger charge is 2.24. The summed E-state index contributed by atoms with van der Waals surface area (Å²) < 4.78 is 28.7. The van der Waals surface area contributed by atoms with E-state index in [1.54, 1.807) is 13.8 Å². The van der Waals surface area contributed by atoms with Gasteiger partial charge in [-0.1, -0.05) is 0 Å². The molecule has 0 aliphatic rings. The van der Waals surface area contributed by atoms with Crippen molar-refractivity contribution in [2.75, 3.05) is 4.72 Å². The van der Waals surface area contributed by atoms with Crippen molar-refractivity contribution in [3.05, 3.63) is 22.6 Å². The standard InChI is InChI=1S/C11H15N5O3S2/c1-4-16-5-8(9(14-16)10(12)17)15-21(18,19)11-6(2)13-7(3)20-11/h5,15H,4H2,1-3H3,(H2,12,17). The number of nitrogens with one attached hydrogen (secondary N) is 1. The van der Waals surface area contributed by atoms with Gasteiger partial charge in [0.05, 0.1) is 16.4 Å². The number of carbonyl (C=O) groups is 1. The number of nitrogens with two attached hydrogens (primary N) is 1. The SMILES string of the molecule is CCn1cc(NS(=O)(=O)c2sc(C)nc2C)c(C(N)=O)n1. The van der Waals surface area contributed by atoms with Crippen molar-refractivity contribution < 1.29 is 13.2 Å². The summed E-state index contributed by atoms with van der Waals surface area (Å²) in [4.78, 5) is 15.4. The molecule has 2 aromatic rings. The second-order valence-corrected chi connectivity index (χ2v) is 7.40. The van der Waals surface area contributed by atoms with Gasteiger partial charge in [-0.2, -0.15) is 5.10 Å². The molecule has 0 radical (unpaired) electrons. The van der Waals surface area contributed by atoms with E-state index in [1.165, 1.54) is 10.9 Å². The summed E-state index contributed by atoms with van der Waals surface area (Å²) in [6, 6.07) is 0. The predicted molar refractivity (Wildman–Crippen MR) is 78.8 cm³/mol. The third kappa shape index (κ3) is 3.05. The van der Waals surface area contributed by atoms with E-state index in [4.69, 9.17) is 5.73 Å². The molecule has 0 saturated carbocycles. The lowest BCUT2D eigenvalue weighted by atomic mass is 10.4. The highest BCUT2D eigenvalue weighted by Crippen LogP contribution is 2.26. The zero-order valence-corrected chi connectivity index (χ0v) is 13.4. The monoisotopic (exact) mass is 329 g/mol. The number of hydrogen-bond donors (Lipinski definition) is 2. The number of primary amides is 1. The van der Waals surface area contributed by atoms with Gasteiger partial charge in [-0.3, -0.25) is 14.2 Å². The van der Waals surface area contributed by atoms with Gasteiger partial charge in [0.15, 0.2) is 9.90 Å². The van der Waals surface area contributed by atoms with Crippen molar-refractivity contribution in [2.45, 2.75) is 31.5 Å². The summed E-state index contributed by atoms with van der Waals surface area (Å²) in [6.45, 7) is 5.64. The molecule has 3 N–H and O–H groups in total. The number of hydrogen-bond acceptors (Lipinski definition) is 6. The zero-order chi connectivity index (χ0) is 15.8. The van der Waals surface area contributed by atoms with Crippen molar-refractivity contribution in [1.82, 2.24) is 14.8 Å². The van der Waals surface area contributed by atoms with Crippen LogP contribution in [0.15, 0.2) is 10.4 Å². The van der Waals surface area contributed by atoms with Gasteiger partial charge in [-0.05, 0) is 20.8 Å². The van der Waals surface area contributed by atoms with Gasteiger partial charge in [0, 0.05) is 12.7 Å². The third-order valence-corrected chi connectivity index (χ3v) is 5.72. The molecule has 2 aromatic heterocycles. The van der Waals surface area contributed by atoms with E-state index in [1.807, 2.05) is 6.92 Å². The van der Waals surface area contributed by atoms with Crippen LogP contribution >= 0.6 is 11.3 Å². The highest BCUT2D eigenvalue weighted by molar-refractivity contribution is 7.94. The van der Waals surface area contributed by atoms with Gasteiger partial charge in [0.2, 0.25) is 0 Å². The highest BCUT2D eigenvalue weighted by atomic mass is 32.2. The quantitative estimate of drug-likeness (QED) is 0.843. The lowest BCUT2D eigenvalue weighted by Crippen LogP contribution is -2.18. The summed E-state index contributed by atoms with van der Waals surface area (Å²) in [6.07, 6.45) is 1.43. The number of rotatable bonds is 5. The number of aryl methyl sites for hydroxylation is 3.